The Morgan fingerprint density at radius 3 is 0.923 bits per heavy atom. The third-order valence-electron chi connectivity index (χ3n) is 8.24. The van der Waals surface area contributed by atoms with E-state index < -0.39 is 33.9 Å². The summed E-state index contributed by atoms with van der Waals surface area (Å²) in [6, 6.07) is 4.86. The summed E-state index contributed by atoms with van der Waals surface area (Å²) in [5.41, 5.74) is -0.112. The van der Waals surface area contributed by atoms with Gasteiger partial charge in [0.2, 0.25) is 10.9 Å². The molecule has 8 rings (SSSR count). The average molecular weight is 528 g/mol. The molecule has 0 aliphatic rings. The van der Waals surface area contributed by atoms with Crippen molar-refractivity contribution < 1.29 is 30.6 Å². The number of aromatic hydroxyl groups is 6. The van der Waals surface area contributed by atoms with Gasteiger partial charge in [0, 0.05) is 55.2 Å². The normalized spacial score (nSPS) is 12.5. The van der Waals surface area contributed by atoms with E-state index in [9.17, 15) is 40.2 Å². The van der Waals surface area contributed by atoms with E-state index >= 15 is 0 Å². The predicted octanol–water partition coefficient (Wildman–Crippen LogP) is 4.43. The van der Waals surface area contributed by atoms with Gasteiger partial charge in [-0.2, -0.15) is 0 Å². The number of phenolic OH excluding ortho intramolecular Hbond substituents is 6. The first-order valence-electron chi connectivity index (χ1n) is 11.8. The topological polar surface area (TPSA) is 156 Å². The van der Waals surface area contributed by atoms with Gasteiger partial charge in [0.05, 0.1) is 21.5 Å². The van der Waals surface area contributed by atoms with Crippen LogP contribution >= 0.6 is 0 Å². The van der Waals surface area contributed by atoms with Gasteiger partial charge in [-0.05, 0) is 47.9 Å². The zero-order chi connectivity index (χ0) is 26.7. The quantitative estimate of drug-likeness (QED) is 0.0959. The molecule has 8 aromatic carbocycles. The molecule has 39 heavy (non-hydrogen) atoms. The van der Waals surface area contributed by atoms with Gasteiger partial charge in [-0.25, -0.2) is 0 Å². The molecule has 0 aliphatic carbocycles. The number of phenols is 6. The maximum atomic E-state index is 13.9. The second kappa shape index (κ2) is 7.04. The van der Waals surface area contributed by atoms with Gasteiger partial charge in [0.25, 0.3) is 0 Å². The molecule has 186 valence electrons. The van der Waals surface area contributed by atoms with Crippen LogP contribution in [0.3, 0.4) is 0 Å². The number of benzene rings is 8. The van der Waals surface area contributed by atoms with E-state index in [1.54, 1.807) is 13.8 Å². The van der Waals surface area contributed by atoms with Crippen LogP contribution in [-0.4, -0.2) is 60.2 Å². The minimum atomic E-state index is -0.661. The molecule has 0 unspecified atom stereocenters. The van der Waals surface area contributed by atoms with E-state index in [1.165, 1.54) is 12.1 Å². The summed E-state index contributed by atoms with van der Waals surface area (Å²) >= 11 is 0. The molecule has 9 heteroatoms. The van der Waals surface area contributed by atoms with Crippen molar-refractivity contribution in [1.82, 2.24) is 0 Å². The van der Waals surface area contributed by atoms with Crippen LogP contribution in [-0.2, 0) is 0 Å². The molecule has 0 aliphatic heterocycles. The summed E-state index contributed by atoms with van der Waals surface area (Å²) in [7, 11) is 0. The van der Waals surface area contributed by atoms with E-state index in [0.29, 0.717) is 43.4 Å². The summed E-state index contributed by atoms with van der Waals surface area (Å²) in [4.78, 5) is 27.8. The Morgan fingerprint density at radius 2 is 0.590 bits per heavy atom. The zero-order valence-electron chi connectivity index (χ0n) is 19.8. The van der Waals surface area contributed by atoms with Crippen molar-refractivity contribution in [2.75, 3.05) is 0 Å². The van der Waals surface area contributed by atoms with Gasteiger partial charge in [-0.1, -0.05) is 0 Å². The molecule has 6 N–H and O–H groups in total. The summed E-state index contributed by atoms with van der Waals surface area (Å²) in [6.45, 7) is 3.51. The molecule has 0 bridgehead atoms. The van der Waals surface area contributed by atoms with Gasteiger partial charge in [0.1, 0.15) is 34.5 Å². The van der Waals surface area contributed by atoms with E-state index in [0.717, 1.165) is 12.1 Å². The Kier molecular flexibility index (Phi) is 4.30. The molecule has 0 atom stereocenters. The van der Waals surface area contributed by atoms with E-state index in [1.807, 2.05) is 0 Å². The second-order valence-electron chi connectivity index (χ2n) is 10.2. The van der Waals surface area contributed by atoms with Crippen molar-refractivity contribution >= 4 is 105 Å². The number of hydrogen-bond donors (Lipinski definition) is 6. The first kappa shape index (κ1) is 23.8. The Labute approximate surface area is 238 Å². The third-order valence-corrected chi connectivity index (χ3v) is 8.24. The summed E-state index contributed by atoms with van der Waals surface area (Å²) in [6.07, 6.45) is 0. The van der Waals surface area contributed by atoms with Crippen LogP contribution in [0.2, 0.25) is 0 Å². The van der Waals surface area contributed by atoms with Crippen LogP contribution in [0, 0.1) is 13.8 Å². The van der Waals surface area contributed by atoms with E-state index in [-0.39, 0.29) is 84.1 Å². The molecule has 0 saturated heterocycles. The number of fused-ring (bicyclic) bond motifs is 2. The van der Waals surface area contributed by atoms with Crippen molar-refractivity contribution in [2.45, 2.75) is 13.8 Å². The van der Waals surface area contributed by atoms with Gasteiger partial charge in [-0.3, -0.25) is 9.59 Å². The van der Waals surface area contributed by atoms with Gasteiger partial charge < -0.3 is 30.6 Å². The van der Waals surface area contributed by atoms with Crippen molar-refractivity contribution in [1.29, 1.82) is 0 Å². The zero-order valence-corrected chi connectivity index (χ0v) is 19.8. The first-order valence-corrected chi connectivity index (χ1v) is 11.8. The fraction of sp³-hybridized carbons (Fsp3) is 0.0667. The molecule has 8 aromatic rings. The number of aryl methyl sites for hydroxylation is 2. The standard InChI is InChI=1S/C30H16O8.Na.H/c1-7-3-9(31)19-23-15(7)16-8(2)4-10(32)20-24(16)28-26-18(12(34)6-14(36)22(26)30(20)38)17-11(33)5-13(35)21(29(19)37)25(17)27(23)28;;/h3-6,31-36H,1-2H3;;. The molecule has 0 radical (unpaired) electrons. The molecular formula is C30H17NaO8. The monoisotopic (exact) mass is 528 g/mol. The number of hydrogen-bond acceptors (Lipinski definition) is 8. The van der Waals surface area contributed by atoms with Crippen LogP contribution < -0.4 is 10.9 Å². The summed E-state index contributed by atoms with van der Waals surface area (Å²) < 4.78 is 0. The van der Waals surface area contributed by atoms with Crippen LogP contribution in [0.1, 0.15) is 11.1 Å². The Balaban J connectivity index is 0.00000253. The molecule has 0 amide bonds. The molecule has 0 saturated carbocycles. The van der Waals surface area contributed by atoms with Crippen molar-refractivity contribution in [3.8, 4) is 34.5 Å². The summed E-state index contributed by atoms with van der Waals surface area (Å²) in [5, 5.41) is 68.4. The Hall–Kier alpha value is -4.24. The van der Waals surface area contributed by atoms with Crippen molar-refractivity contribution in [3.63, 3.8) is 0 Å². The number of rotatable bonds is 0. The fourth-order valence-corrected chi connectivity index (χ4v) is 6.98. The third kappa shape index (κ3) is 2.37. The molecular weight excluding hydrogens is 511 g/mol. The van der Waals surface area contributed by atoms with Crippen LogP contribution in [0.15, 0.2) is 33.9 Å². The predicted molar refractivity (Wildman–Crippen MR) is 153 cm³/mol. The van der Waals surface area contributed by atoms with Crippen LogP contribution in [0.5, 0.6) is 34.5 Å². The van der Waals surface area contributed by atoms with Gasteiger partial charge in [0.15, 0.2) is 0 Å². The molecule has 8 nitrogen and oxygen atoms in total. The van der Waals surface area contributed by atoms with Crippen molar-refractivity contribution in [2.24, 2.45) is 0 Å². The molecule has 0 fully saturated rings. The fourth-order valence-electron chi connectivity index (χ4n) is 6.98. The van der Waals surface area contributed by atoms with Crippen LogP contribution in [0.4, 0.5) is 0 Å². The second-order valence-corrected chi connectivity index (χ2v) is 10.2. The van der Waals surface area contributed by atoms with E-state index in [2.05, 4.69) is 0 Å². The van der Waals surface area contributed by atoms with E-state index in [4.69, 9.17) is 0 Å². The molecule has 0 aromatic heterocycles. The maximum absolute atomic E-state index is 13.9. The molecule has 0 spiro atoms. The first-order chi connectivity index (χ1) is 18.0. The minimum absolute atomic E-state index is 0. The van der Waals surface area contributed by atoms with Crippen LogP contribution in [0.25, 0.3) is 75.4 Å². The average Bonchev–Trinajstić information content (AvgIpc) is 2.82. The van der Waals surface area contributed by atoms with Gasteiger partial charge in [-0.15, -0.1) is 0 Å². The Morgan fingerprint density at radius 1 is 0.359 bits per heavy atom. The molecule has 0 heterocycles. The van der Waals surface area contributed by atoms with Gasteiger partial charge >= 0.3 is 29.6 Å². The SMILES string of the molecule is Cc1cc(O)c2c(=O)c3c(O)cc(O)c4c5c(O)cc(O)c6c(=O)c7c(O)cc(C)c8c1c2c(c34)c(c78)c65.[NaH]. The summed E-state index contributed by atoms with van der Waals surface area (Å²) in [5.74, 6) is -2.51. The van der Waals surface area contributed by atoms with Crippen molar-refractivity contribution in [3.05, 3.63) is 55.8 Å². The Bertz CT molecular complexity index is 2180.